The molecule has 0 fully saturated rings. The van der Waals surface area contributed by atoms with Crippen molar-refractivity contribution in [3.8, 4) is 11.5 Å². The Morgan fingerprint density at radius 3 is 1.02 bits per heavy atom. The van der Waals surface area contributed by atoms with Gasteiger partial charge in [0.15, 0.2) is 0 Å². The minimum atomic E-state index is 0.574. The van der Waals surface area contributed by atoms with Crippen molar-refractivity contribution >= 4 is 44.4 Å². The maximum absolute atomic E-state index is 7.00. The molecule has 6 rings (SSSR count). The summed E-state index contributed by atoms with van der Waals surface area (Å²) in [4.78, 5) is 2.33. The molecule has 0 saturated heterocycles. The highest BCUT2D eigenvalue weighted by atomic mass is 35.5. The molecule has 0 heterocycles. The molecule has 0 aromatic heterocycles. The molecule has 5 heteroatoms. The number of nitrogens with zero attached hydrogens (tertiary/aromatic N) is 1. The summed E-state index contributed by atoms with van der Waals surface area (Å²) in [6, 6.07) is 57.0. The lowest BCUT2D eigenvalue weighted by atomic mass is 9.95. The highest BCUT2D eigenvalue weighted by Gasteiger charge is 2.14. The van der Waals surface area contributed by atoms with Gasteiger partial charge in [-0.15, -0.1) is 0 Å². The summed E-state index contributed by atoms with van der Waals surface area (Å²) >= 11 is 14.0. The van der Waals surface area contributed by atoms with Crippen molar-refractivity contribution < 1.29 is 9.47 Å². The molecule has 0 amide bonds. The molecule has 3 nitrogen and oxygen atoms in total. The van der Waals surface area contributed by atoms with Gasteiger partial charge in [0.05, 0.1) is 10.1 Å². The summed E-state index contributed by atoms with van der Waals surface area (Å²) in [6.07, 6.45) is 0. The fourth-order valence-electron chi connectivity index (χ4n) is 5.96. The number of benzene rings is 6. The zero-order chi connectivity index (χ0) is 35.3. The number of likely N-dealkylation sites (N-methyl/N-ethyl adjacent to an activating group) is 1. The highest BCUT2D eigenvalue weighted by Crippen LogP contribution is 2.37. The van der Waals surface area contributed by atoms with Gasteiger partial charge in [0.1, 0.15) is 24.7 Å². The van der Waals surface area contributed by atoms with Crippen LogP contribution in [0.25, 0.3) is 21.2 Å². The van der Waals surface area contributed by atoms with Gasteiger partial charge in [-0.05, 0) is 64.2 Å². The molecule has 0 aliphatic rings. The second-order valence-electron chi connectivity index (χ2n) is 12.0. The van der Waals surface area contributed by atoms with Gasteiger partial charge in [-0.3, -0.25) is 4.90 Å². The summed E-state index contributed by atoms with van der Waals surface area (Å²) in [5, 5.41) is 1.43. The average molecular weight is 711 g/mol. The summed E-state index contributed by atoms with van der Waals surface area (Å²) in [6.45, 7) is 5.79. The predicted molar refractivity (Wildman–Crippen MR) is 215 cm³/mol. The molecule has 6 aromatic carbocycles. The quantitative estimate of drug-likeness (QED) is 0.0991. The molecular formula is C46H41Cl2NO2. The number of ether oxygens (including phenoxy) is 2. The Balaban J connectivity index is 1.03. The average Bonchev–Trinajstić information content (AvgIpc) is 3.20. The van der Waals surface area contributed by atoms with Crippen molar-refractivity contribution in [2.75, 3.05) is 32.8 Å². The lowest BCUT2D eigenvalue weighted by Crippen LogP contribution is -2.32. The molecule has 51 heavy (non-hydrogen) atoms. The SMILES string of the molecule is CCN(CCOc1ccc(/C(=C(/Cl)c2ccccc2)c2ccccc2)cc1)CCOc1ccc(/C(=C(/Cl)c2ccccc2)c2ccccc2)cc1. The van der Waals surface area contributed by atoms with E-state index in [1.807, 2.05) is 121 Å². The van der Waals surface area contributed by atoms with Crippen molar-refractivity contribution in [2.45, 2.75) is 6.92 Å². The molecular weight excluding hydrogens is 669 g/mol. The Hall–Kier alpha value is -5.06. The second kappa shape index (κ2) is 18.3. The van der Waals surface area contributed by atoms with Gasteiger partial charge in [0, 0.05) is 24.2 Å². The van der Waals surface area contributed by atoms with Crippen LogP contribution in [0.5, 0.6) is 11.5 Å². The first-order valence-electron chi connectivity index (χ1n) is 17.3. The first-order chi connectivity index (χ1) is 25.1. The Labute approximate surface area is 312 Å². The summed E-state index contributed by atoms with van der Waals surface area (Å²) in [7, 11) is 0. The fourth-order valence-corrected chi connectivity index (χ4v) is 6.64. The van der Waals surface area contributed by atoms with Gasteiger partial charge in [-0.25, -0.2) is 0 Å². The molecule has 0 bridgehead atoms. The molecule has 0 unspecified atom stereocenters. The van der Waals surface area contributed by atoms with Gasteiger partial charge >= 0.3 is 0 Å². The lowest BCUT2D eigenvalue weighted by molar-refractivity contribution is 0.182. The predicted octanol–water partition coefficient (Wildman–Crippen LogP) is 11.8. The van der Waals surface area contributed by atoms with Crippen LogP contribution in [0.2, 0.25) is 0 Å². The molecule has 0 atom stereocenters. The van der Waals surface area contributed by atoms with Crippen molar-refractivity contribution in [1.82, 2.24) is 4.90 Å². The zero-order valence-corrected chi connectivity index (χ0v) is 30.2. The van der Waals surface area contributed by atoms with Gasteiger partial charge in [-0.2, -0.15) is 0 Å². The van der Waals surface area contributed by atoms with Crippen LogP contribution in [0, 0.1) is 0 Å². The number of hydrogen-bond acceptors (Lipinski definition) is 3. The molecule has 0 aliphatic heterocycles. The second-order valence-corrected chi connectivity index (χ2v) is 12.8. The first-order valence-corrected chi connectivity index (χ1v) is 18.1. The van der Waals surface area contributed by atoms with E-state index in [0.717, 1.165) is 75.7 Å². The van der Waals surface area contributed by atoms with E-state index in [-0.39, 0.29) is 0 Å². The van der Waals surface area contributed by atoms with Crippen molar-refractivity contribution in [3.63, 3.8) is 0 Å². The van der Waals surface area contributed by atoms with Gasteiger partial charge < -0.3 is 9.47 Å². The molecule has 0 radical (unpaired) electrons. The molecule has 6 aromatic rings. The van der Waals surface area contributed by atoms with Crippen molar-refractivity contribution in [3.05, 3.63) is 203 Å². The molecule has 0 aliphatic carbocycles. The first kappa shape index (κ1) is 35.8. The Kier molecular flexibility index (Phi) is 12.8. The van der Waals surface area contributed by atoms with E-state index >= 15 is 0 Å². The fraction of sp³-hybridized carbons (Fsp3) is 0.130. The largest absolute Gasteiger partial charge is 0.492 e. The van der Waals surface area contributed by atoms with E-state index in [0.29, 0.717) is 23.3 Å². The standard InChI is InChI=1S/C46H41Cl2NO2/c1-2-49(31-33-50-41-27-23-37(24-28-41)43(35-15-7-3-8-16-35)45(47)39-19-11-5-12-20-39)32-34-51-42-29-25-38(26-30-42)44(36-17-9-4-10-18-36)46(48)40-21-13-6-14-22-40/h3-30H,2,31-34H2,1H3/b45-43+,46-44+. The van der Waals surface area contributed by atoms with E-state index in [2.05, 4.69) is 60.4 Å². The Morgan fingerprint density at radius 2 is 0.706 bits per heavy atom. The monoisotopic (exact) mass is 709 g/mol. The van der Waals surface area contributed by atoms with Gasteiger partial charge in [0.25, 0.3) is 0 Å². The van der Waals surface area contributed by atoms with E-state index in [4.69, 9.17) is 32.7 Å². The Morgan fingerprint density at radius 1 is 0.412 bits per heavy atom. The molecule has 0 spiro atoms. The topological polar surface area (TPSA) is 21.7 Å². The van der Waals surface area contributed by atoms with E-state index in [1.54, 1.807) is 0 Å². The van der Waals surface area contributed by atoms with Crippen LogP contribution >= 0.6 is 23.2 Å². The third-order valence-electron chi connectivity index (χ3n) is 8.70. The number of rotatable bonds is 15. The summed E-state index contributed by atoms with van der Waals surface area (Å²) in [5.41, 5.74) is 8.16. The third-order valence-corrected chi connectivity index (χ3v) is 9.52. The maximum Gasteiger partial charge on any atom is 0.119 e. The Bertz CT molecular complexity index is 1860. The van der Waals surface area contributed by atoms with Crippen LogP contribution in [-0.2, 0) is 0 Å². The summed E-state index contributed by atoms with van der Waals surface area (Å²) < 4.78 is 12.3. The van der Waals surface area contributed by atoms with E-state index < -0.39 is 0 Å². The maximum atomic E-state index is 7.00. The molecule has 0 N–H and O–H groups in total. The minimum absolute atomic E-state index is 0.574. The van der Waals surface area contributed by atoms with Crippen LogP contribution < -0.4 is 9.47 Å². The molecule has 256 valence electrons. The van der Waals surface area contributed by atoms with Crippen LogP contribution in [0.15, 0.2) is 170 Å². The van der Waals surface area contributed by atoms with Crippen LogP contribution in [0.4, 0.5) is 0 Å². The van der Waals surface area contributed by atoms with Crippen molar-refractivity contribution in [2.24, 2.45) is 0 Å². The third kappa shape index (κ3) is 9.59. The zero-order valence-electron chi connectivity index (χ0n) is 28.7. The van der Waals surface area contributed by atoms with E-state index in [1.165, 1.54) is 0 Å². The van der Waals surface area contributed by atoms with Crippen LogP contribution in [-0.4, -0.2) is 37.7 Å². The number of halogens is 2. The van der Waals surface area contributed by atoms with Gasteiger partial charge in [-0.1, -0.05) is 176 Å². The van der Waals surface area contributed by atoms with Crippen molar-refractivity contribution in [1.29, 1.82) is 0 Å². The number of hydrogen-bond donors (Lipinski definition) is 0. The van der Waals surface area contributed by atoms with Crippen LogP contribution in [0.1, 0.15) is 40.3 Å². The van der Waals surface area contributed by atoms with Crippen LogP contribution in [0.3, 0.4) is 0 Å². The van der Waals surface area contributed by atoms with E-state index in [9.17, 15) is 0 Å². The smallest absolute Gasteiger partial charge is 0.119 e. The van der Waals surface area contributed by atoms with Gasteiger partial charge in [0.2, 0.25) is 0 Å². The minimum Gasteiger partial charge on any atom is -0.492 e. The summed E-state index contributed by atoms with van der Waals surface area (Å²) in [5.74, 6) is 1.65. The lowest BCUT2D eigenvalue weighted by Gasteiger charge is -2.21. The normalized spacial score (nSPS) is 12.2. The highest BCUT2D eigenvalue weighted by molar-refractivity contribution is 6.53. The molecule has 0 saturated carbocycles.